The molecule has 3 saturated heterocycles. The molecule has 0 saturated carbocycles. The summed E-state index contributed by atoms with van der Waals surface area (Å²) in [7, 11) is 0. The van der Waals surface area contributed by atoms with Crippen LogP contribution in [-0.2, 0) is 23.7 Å². The van der Waals surface area contributed by atoms with Crippen LogP contribution in [0.2, 0.25) is 0 Å². The van der Waals surface area contributed by atoms with Gasteiger partial charge < -0.3 is 44.1 Å². The Hall–Kier alpha value is -0.360. The van der Waals surface area contributed by atoms with Crippen LogP contribution in [0.5, 0.6) is 0 Å². The maximum atomic E-state index is 10.4. The molecule has 0 amide bonds. The zero-order valence-corrected chi connectivity index (χ0v) is 15.1. The summed E-state index contributed by atoms with van der Waals surface area (Å²) < 4.78 is 28.1. The van der Waals surface area contributed by atoms with Gasteiger partial charge in [0.2, 0.25) is 0 Å². The molecule has 3 heterocycles. The molecule has 9 heteroatoms. The van der Waals surface area contributed by atoms with Crippen LogP contribution in [0.1, 0.15) is 39.5 Å². The maximum absolute atomic E-state index is 10.4. The van der Waals surface area contributed by atoms with E-state index < -0.39 is 49.4 Å². The number of aliphatic hydroxyl groups is 4. The van der Waals surface area contributed by atoms with E-state index in [1.54, 1.807) is 6.92 Å². The first-order valence-corrected chi connectivity index (χ1v) is 9.29. The summed E-state index contributed by atoms with van der Waals surface area (Å²) in [6, 6.07) is 0. The van der Waals surface area contributed by atoms with Gasteiger partial charge in [-0.05, 0) is 20.3 Å². The molecule has 9 nitrogen and oxygen atoms in total. The molecule has 3 aliphatic rings. The van der Waals surface area contributed by atoms with Crippen molar-refractivity contribution in [1.29, 1.82) is 0 Å². The van der Waals surface area contributed by atoms with Crippen molar-refractivity contribution >= 4 is 0 Å². The van der Waals surface area contributed by atoms with E-state index in [0.717, 1.165) is 0 Å². The smallest absolute Gasteiger partial charge is 0.161 e. The van der Waals surface area contributed by atoms with Gasteiger partial charge in [-0.3, -0.25) is 0 Å². The first-order valence-electron chi connectivity index (χ1n) is 9.29. The third-order valence-corrected chi connectivity index (χ3v) is 5.23. The minimum Gasteiger partial charge on any atom is -0.390 e. The molecule has 0 aliphatic carbocycles. The molecular formula is C17H30O9. The van der Waals surface area contributed by atoms with Gasteiger partial charge in [0.25, 0.3) is 0 Å². The Morgan fingerprint density at radius 2 is 1.46 bits per heavy atom. The highest BCUT2D eigenvalue weighted by Crippen LogP contribution is 2.28. The molecule has 152 valence electrons. The van der Waals surface area contributed by atoms with Crippen molar-refractivity contribution in [1.82, 2.24) is 0 Å². The minimum atomic E-state index is -0.946. The fraction of sp³-hybridized carbons (Fsp3) is 1.00. The van der Waals surface area contributed by atoms with Crippen molar-refractivity contribution in [2.45, 2.75) is 101 Å². The molecule has 9 unspecified atom stereocenters. The lowest BCUT2D eigenvalue weighted by atomic mass is 10.0. The third kappa shape index (κ3) is 4.92. The molecule has 4 N–H and O–H groups in total. The highest BCUT2D eigenvalue weighted by Gasteiger charge is 2.40. The fourth-order valence-electron chi connectivity index (χ4n) is 3.58. The number of rotatable bonds is 4. The summed E-state index contributed by atoms with van der Waals surface area (Å²) in [5.41, 5.74) is 0. The van der Waals surface area contributed by atoms with E-state index in [-0.39, 0.29) is 31.7 Å². The number of hydrogen-bond acceptors (Lipinski definition) is 9. The lowest BCUT2D eigenvalue weighted by Crippen LogP contribution is -2.52. The molecule has 10 atom stereocenters. The van der Waals surface area contributed by atoms with Gasteiger partial charge in [-0.15, -0.1) is 0 Å². The molecule has 0 radical (unpaired) electrons. The summed E-state index contributed by atoms with van der Waals surface area (Å²) in [6.45, 7) is 3.62. The van der Waals surface area contributed by atoms with Crippen LogP contribution in [0.4, 0.5) is 0 Å². The average molecular weight is 378 g/mol. The summed E-state index contributed by atoms with van der Waals surface area (Å²) in [6.07, 6.45) is -4.79. The summed E-state index contributed by atoms with van der Waals surface area (Å²) >= 11 is 0. The zero-order valence-electron chi connectivity index (χ0n) is 15.1. The number of ether oxygens (including phenoxy) is 5. The van der Waals surface area contributed by atoms with Crippen molar-refractivity contribution in [3.05, 3.63) is 0 Å². The Kier molecular flexibility index (Phi) is 6.87. The molecule has 3 rings (SSSR count). The standard InChI is InChI=1S/C17H30O9/c1-8-12(3-4-14(20)23-8)25-15-5-10(18)13(7-22-15)26-16-6-11(19)17(21)9(2)24-16/h8-21H,3-7H2,1-2H3/t8?,9?,10?,11-,12?,13?,14?,15?,16?,17?/m0/s1. The lowest BCUT2D eigenvalue weighted by Gasteiger charge is -2.41. The molecule has 0 aromatic heterocycles. The highest BCUT2D eigenvalue weighted by molar-refractivity contribution is 4.83. The largest absolute Gasteiger partial charge is 0.390 e. The van der Waals surface area contributed by atoms with Gasteiger partial charge in [0, 0.05) is 19.3 Å². The van der Waals surface area contributed by atoms with E-state index in [0.29, 0.717) is 12.8 Å². The van der Waals surface area contributed by atoms with Gasteiger partial charge >= 0.3 is 0 Å². The first kappa shape index (κ1) is 20.4. The lowest BCUT2D eigenvalue weighted by molar-refractivity contribution is -0.308. The van der Waals surface area contributed by atoms with Crippen LogP contribution in [-0.4, -0.2) is 88.6 Å². The second-order valence-corrected chi connectivity index (χ2v) is 7.35. The van der Waals surface area contributed by atoms with Gasteiger partial charge in [0.05, 0.1) is 37.1 Å². The van der Waals surface area contributed by atoms with Crippen molar-refractivity contribution in [3.8, 4) is 0 Å². The van der Waals surface area contributed by atoms with Gasteiger partial charge in [-0.25, -0.2) is 0 Å². The maximum Gasteiger partial charge on any atom is 0.161 e. The highest BCUT2D eigenvalue weighted by atomic mass is 16.7. The summed E-state index contributed by atoms with van der Waals surface area (Å²) in [4.78, 5) is 0. The molecule has 0 spiro atoms. The van der Waals surface area contributed by atoms with Crippen molar-refractivity contribution in [2.75, 3.05) is 6.61 Å². The summed E-state index contributed by atoms with van der Waals surface area (Å²) in [5.74, 6) is 0. The van der Waals surface area contributed by atoms with Gasteiger partial charge in [0.1, 0.15) is 12.2 Å². The van der Waals surface area contributed by atoms with E-state index in [9.17, 15) is 20.4 Å². The fourth-order valence-corrected chi connectivity index (χ4v) is 3.58. The number of hydrogen-bond donors (Lipinski definition) is 4. The summed E-state index contributed by atoms with van der Waals surface area (Å²) in [5, 5.41) is 39.4. The Morgan fingerprint density at radius 1 is 0.769 bits per heavy atom. The molecular weight excluding hydrogens is 348 g/mol. The van der Waals surface area contributed by atoms with Crippen molar-refractivity contribution in [2.24, 2.45) is 0 Å². The van der Waals surface area contributed by atoms with E-state index in [1.807, 2.05) is 6.92 Å². The molecule has 3 fully saturated rings. The van der Waals surface area contributed by atoms with Crippen LogP contribution in [0.3, 0.4) is 0 Å². The van der Waals surface area contributed by atoms with Gasteiger partial charge in [0.15, 0.2) is 18.9 Å². The van der Waals surface area contributed by atoms with Crippen molar-refractivity contribution in [3.63, 3.8) is 0 Å². The predicted molar refractivity (Wildman–Crippen MR) is 86.9 cm³/mol. The van der Waals surface area contributed by atoms with Gasteiger partial charge in [-0.1, -0.05) is 0 Å². The zero-order chi connectivity index (χ0) is 18.8. The molecule has 0 aromatic carbocycles. The molecule has 0 bridgehead atoms. The van der Waals surface area contributed by atoms with Crippen LogP contribution in [0.15, 0.2) is 0 Å². The second-order valence-electron chi connectivity index (χ2n) is 7.35. The monoisotopic (exact) mass is 378 g/mol. The van der Waals surface area contributed by atoms with Gasteiger partial charge in [-0.2, -0.15) is 0 Å². The van der Waals surface area contributed by atoms with E-state index in [1.165, 1.54) is 0 Å². The van der Waals surface area contributed by atoms with E-state index in [2.05, 4.69) is 0 Å². The van der Waals surface area contributed by atoms with Crippen LogP contribution in [0, 0.1) is 0 Å². The predicted octanol–water partition coefficient (Wildman–Crippen LogP) is -0.762. The Morgan fingerprint density at radius 3 is 2.12 bits per heavy atom. The second kappa shape index (κ2) is 8.76. The van der Waals surface area contributed by atoms with Crippen LogP contribution < -0.4 is 0 Å². The van der Waals surface area contributed by atoms with E-state index in [4.69, 9.17) is 23.7 Å². The van der Waals surface area contributed by atoms with Crippen LogP contribution in [0.25, 0.3) is 0 Å². The Bertz CT molecular complexity index is 438. The van der Waals surface area contributed by atoms with Crippen LogP contribution >= 0.6 is 0 Å². The Balaban J connectivity index is 1.45. The quantitative estimate of drug-likeness (QED) is 0.499. The van der Waals surface area contributed by atoms with Crippen molar-refractivity contribution < 1.29 is 44.1 Å². The average Bonchev–Trinajstić information content (AvgIpc) is 2.57. The minimum absolute atomic E-state index is 0.128. The molecule has 3 aliphatic heterocycles. The van der Waals surface area contributed by atoms with E-state index >= 15 is 0 Å². The third-order valence-electron chi connectivity index (χ3n) is 5.23. The Labute approximate surface area is 152 Å². The SMILES string of the molecule is CC1OC(O)CCC1OC1CC(O)C(OC2C[C@H](O)C(O)C(C)O2)CO1. The molecule has 26 heavy (non-hydrogen) atoms. The topological polar surface area (TPSA) is 127 Å². The molecule has 0 aromatic rings. The first-order chi connectivity index (χ1) is 12.3. The normalized spacial score (nSPS) is 50.5. The number of aliphatic hydroxyl groups excluding tert-OH is 4.